The number of halogens is 5. The molecule has 0 aromatic heterocycles. The molecule has 0 atom stereocenters. The van der Waals surface area contributed by atoms with E-state index < -0.39 is 39.0 Å². The molecule has 1 fully saturated rings. The Bertz CT molecular complexity index is 1100. The Morgan fingerprint density at radius 2 is 1.83 bits per heavy atom. The van der Waals surface area contributed by atoms with Crippen LogP contribution in [0.15, 0.2) is 41.3 Å². The number of carbonyl (C=O) groups is 1. The van der Waals surface area contributed by atoms with E-state index in [0.717, 1.165) is 12.1 Å². The summed E-state index contributed by atoms with van der Waals surface area (Å²) in [6.07, 6.45) is -4.95. The fourth-order valence-corrected chi connectivity index (χ4v) is 4.32. The number of hydrogen-bond donors (Lipinski definition) is 2. The minimum atomic E-state index is -4.95. The van der Waals surface area contributed by atoms with Crippen LogP contribution < -0.4 is 10.0 Å². The zero-order valence-corrected chi connectivity index (χ0v) is 16.9. The molecule has 3 rings (SSSR count). The zero-order chi connectivity index (χ0) is 22.3. The molecule has 30 heavy (non-hydrogen) atoms. The van der Waals surface area contributed by atoms with Gasteiger partial charge in [-0.15, -0.1) is 0 Å². The van der Waals surface area contributed by atoms with Gasteiger partial charge in [-0.3, -0.25) is 4.79 Å². The van der Waals surface area contributed by atoms with Crippen LogP contribution in [0.3, 0.4) is 0 Å². The van der Waals surface area contributed by atoms with Gasteiger partial charge in [-0.2, -0.15) is 13.2 Å². The number of hydrogen-bond acceptors (Lipinski definition) is 4. The zero-order valence-electron chi connectivity index (χ0n) is 15.3. The van der Waals surface area contributed by atoms with Crippen molar-refractivity contribution < 1.29 is 35.5 Å². The highest BCUT2D eigenvalue weighted by Gasteiger charge is 2.38. The van der Waals surface area contributed by atoms with Gasteiger partial charge in [-0.25, -0.2) is 17.5 Å². The third kappa shape index (κ3) is 4.75. The average Bonchev–Trinajstić information content (AvgIpc) is 2.60. The molecule has 1 saturated heterocycles. The number of benzene rings is 2. The summed E-state index contributed by atoms with van der Waals surface area (Å²) in [5.74, 6) is -2.46. The highest BCUT2D eigenvalue weighted by molar-refractivity contribution is 7.89. The first-order valence-corrected chi connectivity index (χ1v) is 10.3. The molecular weight excluding hydrogens is 452 g/mol. The second-order valence-electron chi connectivity index (χ2n) is 6.95. The van der Waals surface area contributed by atoms with Crippen molar-refractivity contribution in [1.29, 1.82) is 0 Å². The van der Waals surface area contributed by atoms with Gasteiger partial charge in [0, 0.05) is 5.69 Å². The van der Waals surface area contributed by atoms with Crippen molar-refractivity contribution in [3.05, 3.63) is 58.4 Å². The molecule has 0 aliphatic carbocycles. The second-order valence-corrected chi connectivity index (χ2v) is 9.04. The van der Waals surface area contributed by atoms with Crippen molar-refractivity contribution in [2.24, 2.45) is 0 Å². The summed E-state index contributed by atoms with van der Waals surface area (Å²) in [6, 6.07) is 5.29. The summed E-state index contributed by atoms with van der Waals surface area (Å²) in [5, 5.41) is 2.04. The van der Waals surface area contributed by atoms with Crippen molar-refractivity contribution in [3.63, 3.8) is 0 Å². The Morgan fingerprint density at radius 3 is 2.40 bits per heavy atom. The molecule has 0 unspecified atom stereocenters. The number of nitrogens with one attached hydrogen (secondary N) is 2. The molecule has 0 radical (unpaired) electrons. The lowest BCUT2D eigenvalue weighted by molar-refractivity contribution is -0.139. The van der Waals surface area contributed by atoms with Crippen LogP contribution in [0.25, 0.3) is 0 Å². The molecule has 2 aromatic carbocycles. The summed E-state index contributed by atoms with van der Waals surface area (Å²) in [4.78, 5) is 12.2. The van der Waals surface area contributed by atoms with E-state index in [0.29, 0.717) is 12.1 Å². The molecule has 2 N–H and O–H groups in total. The highest BCUT2D eigenvalue weighted by Crippen LogP contribution is 2.33. The molecule has 0 bridgehead atoms. The first kappa shape index (κ1) is 22.5. The Morgan fingerprint density at radius 1 is 1.17 bits per heavy atom. The van der Waals surface area contributed by atoms with Crippen LogP contribution in [0, 0.1) is 5.82 Å². The Labute approximate surface area is 174 Å². The molecule has 1 aliphatic rings. The van der Waals surface area contributed by atoms with Crippen molar-refractivity contribution >= 4 is 33.2 Å². The molecule has 1 heterocycles. The van der Waals surface area contributed by atoms with Gasteiger partial charge >= 0.3 is 6.18 Å². The summed E-state index contributed by atoms with van der Waals surface area (Å²) in [6.45, 7) is 2.00. The van der Waals surface area contributed by atoms with Crippen LogP contribution in [0.1, 0.15) is 22.8 Å². The van der Waals surface area contributed by atoms with E-state index in [1.807, 2.05) is 0 Å². The molecule has 2 aromatic rings. The van der Waals surface area contributed by atoms with Gasteiger partial charge in [0.25, 0.3) is 5.91 Å². The normalized spacial score (nSPS) is 16.1. The second kappa shape index (κ2) is 7.80. The number of amides is 1. The van der Waals surface area contributed by atoms with E-state index in [2.05, 4.69) is 10.0 Å². The van der Waals surface area contributed by atoms with Crippen LogP contribution in [-0.4, -0.2) is 33.1 Å². The third-order valence-corrected chi connectivity index (χ3v) is 6.21. The highest BCUT2D eigenvalue weighted by atomic mass is 35.5. The Balaban J connectivity index is 1.87. The predicted molar refractivity (Wildman–Crippen MR) is 100 cm³/mol. The number of alkyl halides is 3. The van der Waals surface area contributed by atoms with Crippen LogP contribution >= 0.6 is 11.6 Å². The van der Waals surface area contributed by atoms with E-state index >= 15 is 0 Å². The van der Waals surface area contributed by atoms with E-state index in [4.69, 9.17) is 16.3 Å². The average molecular weight is 467 g/mol. The third-order valence-electron chi connectivity index (χ3n) is 4.24. The van der Waals surface area contributed by atoms with Gasteiger partial charge in [0.1, 0.15) is 5.82 Å². The van der Waals surface area contributed by atoms with E-state index in [1.54, 1.807) is 6.92 Å². The smallest absolute Gasteiger partial charge is 0.377 e. The molecule has 0 saturated carbocycles. The van der Waals surface area contributed by atoms with Gasteiger partial charge < -0.3 is 10.1 Å². The predicted octanol–water partition coefficient (Wildman–Crippen LogP) is 3.82. The maximum absolute atomic E-state index is 13.4. The van der Waals surface area contributed by atoms with Gasteiger partial charge in [0.2, 0.25) is 10.0 Å². The fraction of sp³-hybridized carbons (Fsp3) is 0.278. The minimum absolute atomic E-state index is 0.122. The molecule has 12 heteroatoms. The summed E-state index contributed by atoms with van der Waals surface area (Å²) in [7, 11) is -4.02. The number of sulfonamides is 1. The fourth-order valence-electron chi connectivity index (χ4n) is 2.71. The first-order chi connectivity index (χ1) is 13.8. The van der Waals surface area contributed by atoms with E-state index in [-0.39, 0.29) is 34.4 Å². The SMILES string of the molecule is CC1(NS(=O)(=O)c2ccc(Cl)c(C(=O)Nc3ccc(F)c(C(F)(F)F)c3)c2)COC1. The van der Waals surface area contributed by atoms with Crippen LogP contribution in [-0.2, 0) is 20.9 Å². The Hall–Kier alpha value is -2.21. The lowest BCUT2D eigenvalue weighted by Gasteiger charge is -2.38. The number of anilines is 1. The number of ether oxygens (including phenoxy) is 1. The van der Waals surface area contributed by atoms with E-state index in [9.17, 15) is 30.8 Å². The molecule has 1 amide bonds. The standard InChI is InChI=1S/C18H15ClF4N2O4S/c1-17(8-29-9-17)25-30(27,28)11-3-4-14(19)12(7-11)16(26)24-10-2-5-15(20)13(6-10)18(21,22)23/h2-7,25H,8-9H2,1H3,(H,24,26). The van der Waals surface area contributed by atoms with Crippen LogP contribution in [0.5, 0.6) is 0 Å². The molecule has 6 nitrogen and oxygen atoms in total. The largest absolute Gasteiger partial charge is 0.419 e. The maximum atomic E-state index is 13.4. The van der Waals surface area contributed by atoms with Crippen molar-refractivity contribution in [3.8, 4) is 0 Å². The summed E-state index contributed by atoms with van der Waals surface area (Å²) in [5.41, 5.74) is -2.96. The van der Waals surface area contributed by atoms with Gasteiger partial charge in [-0.05, 0) is 43.3 Å². The molecule has 162 valence electrons. The van der Waals surface area contributed by atoms with E-state index in [1.165, 1.54) is 12.1 Å². The minimum Gasteiger partial charge on any atom is -0.377 e. The number of carbonyl (C=O) groups excluding carboxylic acids is 1. The maximum Gasteiger partial charge on any atom is 0.419 e. The van der Waals surface area contributed by atoms with Crippen LogP contribution in [0.4, 0.5) is 23.2 Å². The van der Waals surface area contributed by atoms with Gasteiger partial charge in [0.05, 0.1) is 39.8 Å². The first-order valence-electron chi connectivity index (χ1n) is 8.40. The lowest BCUT2D eigenvalue weighted by atomic mass is 10.0. The summed E-state index contributed by atoms with van der Waals surface area (Å²) >= 11 is 5.97. The van der Waals surface area contributed by atoms with Crippen molar-refractivity contribution in [1.82, 2.24) is 4.72 Å². The molecule has 0 spiro atoms. The lowest BCUT2D eigenvalue weighted by Crippen LogP contribution is -2.59. The molecule has 1 aliphatic heterocycles. The van der Waals surface area contributed by atoms with Crippen molar-refractivity contribution in [2.45, 2.75) is 23.5 Å². The summed E-state index contributed by atoms with van der Waals surface area (Å²) < 4.78 is 84.5. The van der Waals surface area contributed by atoms with Gasteiger partial charge in [0.15, 0.2) is 0 Å². The monoisotopic (exact) mass is 466 g/mol. The Kier molecular flexibility index (Phi) is 5.84. The molecular formula is C18H15ClF4N2O4S. The topological polar surface area (TPSA) is 84.5 Å². The van der Waals surface area contributed by atoms with Crippen molar-refractivity contribution in [2.75, 3.05) is 18.5 Å². The van der Waals surface area contributed by atoms with Crippen LogP contribution in [0.2, 0.25) is 5.02 Å². The quantitative estimate of drug-likeness (QED) is 0.656. The van der Waals surface area contributed by atoms with Gasteiger partial charge in [-0.1, -0.05) is 11.6 Å². The number of rotatable bonds is 5.